The molecule has 0 saturated carbocycles. The zero-order valence-electron chi connectivity index (χ0n) is 13.3. The Morgan fingerprint density at radius 1 is 1.09 bits per heavy atom. The number of amides is 2. The van der Waals surface area contributed by atoms with Gasteiger partial charge in [0.25, 0.3) is 0 Å². The van der Waals surface area contributed by atoms with Gasteiger partial charge in [-0.05, 0) is 36.3 Å². The summed E-state index contributed by atoms with van der Waals surface area (Å²) >= 11 is 0. The van der Waals surface area contributed by atoms with Crippen molar-refractivity contribution in [2.75, 3.05) is 26.2 Å². The summed E-state index contributed by atoms with van der Waals surface area (Å²) in [5.41, 5.74) is 2.76. The molecule has 1 aromatic carbocycles. The van der Waals surface area contributed by atoms with E-state index in [0.29, 0.717) is 25.4 Å². The summed E-state index contributed by atoms with van der Waals surface area (Å²) in [5, 5.41) is 0. The molecule has 22 heavy (non-hydrogen) atoms. The molecule has 4 heteroatoms. The Balaban J connectivity index is 1.60. The van der Waals surface area contributed by atoms with Gasteiger partial charge in [0, 0.05) is 39.5 Å². The Bertz CT molecular complexity index is 570. The molecule has 1 fully saturated rings. The third kappa shape index (κ3) is 3.16. The van der Waals surface area contributed by atoms with Gasteiger partial charge in [-0.3, -0.25) is 9.59 Å². The van der Waals surface area contributed by atoms with Crippen LogP contribution < -0.4 is 0 Å². The summed E-state index contributed by atoms with van der Waals surface area (Å²) in [6, 6.07) is 8.49. The van der Waals surface area contributed by atoms with Crippen molar-refractivity contribution in [3.05, 3.63) is 35.4 Å². The van der Waals surface area contributed by atoms with Crippen LogP contribution in [0.15, 0.2) is 24.3 Å². The fourth-order valence-electron chi connectivity index (χ4n) is 3.68. The van der Waals surface area contributed by atoms with E-state index in [1.807, 2.05) is 9.80 Å². The third-order valence-electron chi connectivity index (χ3n) is 4.97. The zero-order chi connectivity index (χ0) is 15.5. The molecule has 3 rings (SSSR count). The van der Waals surface area contributed by atoms with E-state index in [4.69, 9.17) is 0 Å². The normalized spacial score (nSPS) is 21.4. The molecule has 1 aromatic rings. The van der Waals surface area contributed by atoms with Gasteiger partial charge in [-0.2, -0.15) is 0 Å². The highest BCUT2D eigenvalue weighted by atomic mass is 16.2. The first-order valence-electron chi connectivity index (χ1n) is 8.26. The molecule has 1 atom stereocenters. The van der Waals surface area contributed by atoms with E-state index >= 15 is 0 Å². The summed E-state index contributed by atoms with van der Waals surface area (Å²) in [5.74, 6) is 0.724. The topological polar surface area (TPSA) is 40.6 Å². The smallest absolute Gasteiger partial charge is 0.223 e. The van der Waals surface area contributed by atoms with Crippen LogP contribution in [0.2, 0.25) is 0 Å². The molecule has 0 aromatic heterocycles. The Morgan fingerprint density at radius 2 is 1.82 bits per heavy atom. The zero-order valence-corrected chi connectivity index (χ0v) is 13.3. The monoisotopic (exact) mass is 300 g/mol. The summed E-state index contributed by atoms with van der Waals surface area (Å²) in [7, 11) is 0. The first kappa shape index (κ1) is 15.1. The Labute approximate surface area is 132 Å². The minimum atomic E-state index is 0.110. The molecule has 0 bridgehead atoms. The number of fused-ring (bicyclic) bond motifs is 1. The van der Waals surface area contributed by atoms with Gasteiger partial charge in [-0.25, -0.2) is 0 Å². The van der Waals surface area contributed by atoms with Crippen molar-refractivity contribution in [2.24, 2.45) is 0 Å². The van der Waals surface area contributed by atoms with E-state index in [1.54, 1.807) is 6.92 Å². The molecule has 1 aliphatic heterocycles. The van der Waals surface area contributed by atoms with Crippen molar-refractivity contribution < 1.29 is 9.59 Å². The molecule has 2 aliphatic rings. The van der Waals surface area contributed by atoms with Crippen molar-refractivity contribution in [1.82, 2.24) is 9.80 Å². The predicted octanol–water partition coefficient (Wildman–Crippen LogP) is 2.19. The number of carbonyl (C=O) groups is 2. The minimum absolute atomic E-state index is 0.110. The van der Waals surface area contributed by atoms with Gasteiger partial charge >= 0.3 is 0 Å². The maximum atomic E-state index is 12.6. The lowest BCUT2D eigenvalue weighted by Crippen LogP contribution is -2.36. The van der Waals surface area contributed by atoms with E-state index in [-0.39, 0.29) is 11.8 Å². The second-order valence-electron chi connectivity index (χ2n) is 6.38. The lowest BCUT2D eigenvalue weighted by atomic mass is 9.97. The Hall–Kier alpha value is -1.84. The standard InChI is InChI=1S/C18H24N2O2/c1-14(21)19-9-4-10-20(12-11-19)18(22)13-16-8-7-15-5-2-3-6-17(15)16/h2-3,5-6,16H,4,7-13H2,1H3. The van der Waals surface area contributed by atoms with Gasteiger partial charge in [-0.1, -0.05) is 24.3 Å². The van der Waals surface area contributed by atoms with E-state index in [2.05, 4.69) is 24.3 Å². The number of benzene rings is 1. The molecule has 4 nitrogen and oxygen atoms in total. The van der Waals surface area contributed by atoms with Crippen molar-refractivity contribution >= 4 is 11.8 Å². The number of carbonyl (C=O) groups excluding carboxylic acids is 2. The SMILES string of the molecule is CC(=O)N1CCCN(C(=O)CC2CCc3ccccc32)CC1. The second-order valence-corrected chi connectivity index (χ2v) is 6.38. The number of nitrogens with zero attached hydrogens (tertiary/aromatic N) is 2. The molecule has 0 N–H and O–H groups in total. The molecule has 1 aliphatic carbocycles. The predicted molar refractivity (Wildman–Crippen MR) is 85.6 cm³/mol. The number of hydrogen-bond acceptors (Lipinski definition) is 2. The van der Waals surface area contributed by atoms with E-state index in [9.17, 15) is 9.59 Å². The molecule has 0 spiro atoms. The van der Waals surface area contributed by atoms with Gasteiger partial charge in [-0.15, -0.1) is 0 Å². The fourth-order valence-corrected chi connectivity index (χ4v) is 3.68. The molecular formula is C18H24N2O2. The van der Waals surface area contributed by atoms with Crippen molar-refractivity contribution in [3.8, 4) is 0 Å². The van der Waals surface area contributed by atoms with Gasteiger partial charge in [0.2, 0.25) is 11.8 Å². The number of hydrogen-bond donors (Lipinski definition) is 0. The minimum Gasteiger partial charge on any atom is -0.341 e. The van der Waals surface area contributed by atoms with Gasteiger partial charge in [0.15, 0.2) is 0 Å². The third-order valence-corrected chi connectivity index (χ3v) is 4.97. The van der Waals surface area contributed by atoms with E-state index in [0.717, 1.165) is 32.4 Å². The number of rotatable bonds is 2. The highest BCUT2D eigenvalue weighted by molar-refractivity contribution is 5.78. The molecular weight excluding hydrogens is 276 g/mol. The summed E-state index contributed by atoms with van der Waals surface area (Å²) in [6.07, 6.45) is 3.66. The van der Waals surface area contributed by atoms with Crippen LogP contribution in [-0.2, 0) is 16.0 Å². The summed E-state index contributed by atoms with van der Waals surface area (Å²) < 4.78 is 0. The lowest BCUT2D eigenvalue weighted by molar-refractivity contribution is -0.132. The van der Waals surface area contributed by atoms with Gasteiger partial charge < -0.3 is 9.80 Å². The lowest BCUT2D eigenvalue weighted by Gasteiger charge is -2.23. The molecule has 2 amide bonds. The van der Waals surface area contributed by atoms with Crippen molar-refractivity contribution in [1.29, 1.82) is 0 Å². The number of aryl methyl sites for hydroxylation is 1. The van der Waals surface area contributed by atoms with Crippen LogP contribution in [0.1, 0.15) is 43.2 Å². The maximum absolute atomic E-state index is 12.6. The highest BCUT2D eigenvalue weighted by Crippen LogP contribution is 2.35. The molecule has 1 heterocycles. The van der Waals surface area contributed by atoms with Crippen LogP contribution in [0.25, 0.3) is 0 Å². The van der Waals surface area contributed by atoms with E-state index in [1.165, 1.54) is 11.1 Å². The Morgan fingerprint density at radius 3 is 2.64 bits per heavy atom. The molecule has 118 valence electrons. The average molecular weight is 300 g/mol. The van der Waals surface area contributed by atoms with E-state index < -0.39 is 0 Å². The Kier molecular flexibility index (Phi) is 4.46. The van der Waals surface area contributed by atoms with Crippen LogP contribution in [0.4, 0.5) is 0 Å². The second kappa shape index (κ2) is 6.51. The van der Waals surface area contributed by atoms with Gasteiger partial charge in [0.05, 0.1) is 0 Å². The van der Waals surface area contributed by atoms with Crippen LogP contribution in [-0.4, -0.2) is 47.8 Å². The van der Waals surface area contributed by atoms with Crippen LogP contribution in [0, 0.1) is 0 Å². The fraction of sp³-hybridized carbons (Fsp3) is 0.556. The molecule has 1 saturated heterocycles. The van der Waals surface area contributed by atoms with Crippen molar-refractivity contribution in [3.63, 3.8) is 0 Å². The quantitative estimate of drug-likeness (QED) is 0.840. The largest absolute Gasteiger partial charge is 0.341 e. The first-order chi connectivity index (χ1) is 10.6. The highest BCUT2D eigenvalue weighted by Gasteiger charge is 2.27. The van der Waals surface area contributed by atoms with Crippen LogP contribution in [0.3, 0.4) is 0 Å². The van der Waals surface area contributed by atoms with Crippen molar-refractivity contribution in [2.45, 2.75) is 38.5 Å². The summed E-state index contributed by atoms with van der Waals surface area (Å²) in [4.78, 5) is 27.9. The van der Waals surface area contributed by atoms with Crippen LogP contribution in [0.5, 0.6) is 0 Å². The first-order valence-corrected chi connectivity index (χ1v) is 8.26. The van der Waals surface area contributed by atoms with Crippen LogP contribution >= 0.6 is 0 Å². The summed E-state index contributed by atoms with van der Waals surface area (Å²) in [6.45, 7) is 4.49. The molecule has 1 unspecified atom stereocenters. The average Bonchev–Trinajstić information content (AvgIpc) is 2.75. The maximum Gasteiger partial charge on any atom is 0.223 e. The molecule has 0 radical (unpaired) electrons. The van der Waals surface area contributed by atoms with Gasteiger partial charge in [0.1, 0.15) is 0 Å².